The van der Waals surface area contributed by atoms with Crippen LogP contribution in [0.25, 0.3) is 0 Å². The van der Waals surface area contributed by atoms with E-state index < -0.39 is 17.5 Å². The zero-order valence-electron chi connectivity index (χ0n) is 11.3. The van der Waals surface area contributed by atoms with Gasteiger partial charge in [0, 0.05) is 12.7 Å². The molecule has 0 aliphatic heterocycles. The lowest BCUT2D eigenvalue weighted by Gasteiger charge is -2.23. The molecule has 110 valence electrons. The van der Waals surface area contributed by atoms with Crippen molar-refractivity contribution in [3.8, 4) is 6.07 Å². The summed E-state index contributed by atoms with van der Waals surface area (Å²) < 4.78 is 37.6. The van der Waals surface area contributed by atoms with Gasteiger partial charge < -0.3 is 10.0 Å². The maximum atomic E-state index is 12.5. The van der Waals surface area contributed by atoms with Crippen LogP contribution < -0.4 is 4.90 Å². The number of aliphatic hydroxyl groups excluding tert-OH is 1. The van der Waals surface area contributed by atoms with Gasteiger partial charge in [0.15, 0.2) is 0 Å². The third kappa shape index (κ3) is 4.14. The molecule has 0 saturated heterocycles. The number of aliphatic hydroxyl groups is 1. The summed E-state index contributed by atoms with van der Waals surface area (Å²) in [5.74, 6) is -0.537. The van der Waals surface area contributed by atoms with E-state index in [0.29, 0.717) is 17.3 Å². The Labute approximate surface area is 120 Å². The summed E-state index contributed by atoms with van der Waals surface area (Å²) in [5, 5.41) is 18.3. The summed E-state index contributed by atoms with van der Waals surface area (Å²) >= 11 is 0. The quantitative estimate of drug-likeness (QED) is 0.672. The van der Waals surface area contributed by atoms with Crippen LogP contribution in [0, 0.1) is 11.3 Å². The normalized spacial score (nSPS) is 11.7. The minimum Gasteiger partial charge on any atom is -0.506 e. The highest BCUT2D eigenvalue weighted by Gasteiger charge is 2.31. The number of anilines is 1. The van der Waals surface area contributed by atoms with E-state index in [2.05, 4.69) is 13.2 Å². The van der Waals surface area contributed by atoms with Gasteiger partial charge in [-0.3, -0.25) is 0 Å². The van der Waals surface area contributed by atoms with Gasteiger partial charge in [-0.2, -0.15) is 18.4 Å². The van der Waals surface area contributed by atoms with Gasteiger partial charge in [0.1, 0.15) is 5.76 Å². The first kappa shape index (κ1) is 16.4. The molecule has 0 aliphatic rings. The zero-order valence-corrected chi connectivity index (χ0v) is 11.3. The molecule has 6 heteroatoms. The molecular weight excluding hydrogens is 281 g/mol. The number of alkyl halides is 3. The molecule has 0 amide bonds. The number of nitriles is 1. The van der Waals surface area contributed by atoms with Crippen molar-refractivity contribution in [2.75, 3.05) is 11.9 Å². The zero-order chi connectivity index (χ0) is 16.2. The van der Waals surface area contributed by atoms with Crippen LogP contribution in [0.2, 0.25) is 0 Å². The second-order valence-electron chi connectivity index (χ2n) is 4.22. The van der Waals surface area contributed by atoms with E-state index in [0.717, 1.165) is 0 Å². The summed E-state index contributed by atoms with van der Waals surface area (Å²) in [7, 11) is 1.45. The topological polar surface area (TPSA) is 47.3 Å². The van der Waals surface area contributed by atoms with Crippen molar-refractivity contribution < 1.29 is 18.3 Å². The maximum Gasteiger partial charge on any atom is 0.415 e. The third-order valence-electron chi connectivity index (χ3n) is 2.69. The van der Waals surface area contributed by atoms with E-state index in [1.807, 2.05) is 6.07 Å². The van der Waals surface area contributed by atoms with Gasteiger partial charge in [-0.05, 0) is 24.3 Å². The molecule has 0 spiro atoms. The number of nitrogens with zero attached hydrogens (tertiary/aromatic N) is 2. The Morgan fingerprint density at radius 3 is 2.48 bits per heavy atom. The van der Waals surface area contributed by atoms with Crippen LogP contribution >= 0.6 is 0 Å². The van der Waals surface area contributed by atoms with Gasteiger partial charge in [0.2, 0.25) is 0 Å². The maximum absolute atomic E-state index is 12.5. The second-order valence-corrected chi connectivity index (χ2v) is 4.22. The van der Waals surface area contributed by atoms with Crippen LogP contribution in [0.4, 0.5) is 18.9 Å². The largest absolute Gasteiger partial charge is 0.506 e. The molecule has 0 saturated carbocycles. The smallest absolute Gasteiger partial charge is 0.415 e. The first-order chi connectivity index (χ1) is 9.66. The Bertz CT molecular complexity index is 639. The summed E-state index contributed by atoms with van der Waals surface area (Å²) in [6.45, 7) is 6.18. The number of allylic oxidation sites excluding steroid dienone is 2. The molecule has 21 heavy (non-hydrogen) atoms. The van der Waals surface area contributed by atoms with E-state index in [1.54, 1.807) is 18.2 Å². The molecule has 0 fully saturated rings. The van der Waals surface area contributed by atoms with Crippen LogP contribution in [0.1, 0.15) is 5.56 Å². The average molecular weight is 294 g/mol. The molecule has 1 N–H and O–H groups in total. The summed E-state index contributed by atoms with van der Waals surface area (Å²) in [6, 6.07) is 8.14. The van der Waals surface area contributed by atoms with Gasteiger partial charge in [-0.1, -0.05) is 19.2 Å². The number of halogens is 3. The molecule has 0 bridgehead atoms. The molecule has 1 aromatic rings. The average Bonchev–Trinajstić information content (AvgIpc) is 2.42. The standard InChI is InChI=1S/C15H13F3N2O/c1-10(15(16,17)18)7-14(11(2)21)20(3)13-6-4-5-12(8-13)9-19/h4-8,21H,1-2H2,3H3/b14-7-. The molecule has 0 radical (unpaired) electrons. The van der Waals surface area contributed by atoms with Gasteiger partial charge in [0.05, 0.1) is 22.9 Å². The van der Waals surface area contributed by atoms with Gasteiger partial charge in [-0.25, -0.2) is 0 Å². The highest BCUT2D eigenvalue weighted by Crippen LogP contribution is 2.29. The fourth-order valence-electron chi connectivity index (χ4n) is 1.54. The Kier molecular flexibility index (Phi) is 4.82. The number of hydrogen-bond donors (Lipinski definition) is 1. The molecular formula is C15H13F3N2O. The highest BCUT2D eigenvalue weighted by atomic mass is 19.4. The van der Waals surface area contributed by atoms with Crippen LogP contribution in [0.5, 0.6) is 0 Å². The Morgan fingerprint density at radius 2 is 2.00 bits per heavy atom. The Balaban J connectivity index is 3.23. The van der Waals surface area contributed by atoms with E-state index in [1.165, 1.54) is 18.0 Å². The predicted molar refractivity (Wildman–Crippen MR) is 74.6 cm³/mol. The molecule has 0 aliphatic carbocycles. The van der Waals surface area contributed by atoms with Crippen molar-refractivity contribution >= 4 is 5.69 Å². The lowest BCUT2D eigenvalue weighted by atomic mass is 10.1. The molecule has 0 unspecified atom stereocenters. The number of rotatable bonds is 4. The molecule has 1 aromatic carbocycles. The van der Waals surface area contributed by atoms with Crippen molar-refractivity contribution in [1.29, 1.82) is 5.26 Å². The Morgan fingerprint density at radius 1 is 1.38 bits per heavy atom. The minimum absolute atomic E-state index is 0.160. The molecule has 1 rings (SSSR count). The van der Waals surface area contributed by atoms with Crippen molar-refractivity contribution in [3.63, 3.8) is 0 Å². The highest BCUT2D eigenvalue weighted by molar-refractivity contribution is 5.58. The van der Waals surface area contributed by atoms with Crippen LogP contribution in [-0.4, -0.2) is 18.3 Å². The second kappa shape index (κ2) is 6.18. The van der Waals surface area contributed by atoms with E-state index in [4.69, 9.17) is 5.26 Å². The molecule has 0 aromatic heterocycles. The molecule has 0 atom stereocenters. The third-order valence-corrected chi connectivity index (χ3v) is 2.69. The monoisotopic (exact) mass is 294 g/mol. The van der Waals surface area contributed by atoms with Gasteiger partial charge >= 0.3 is 6.18 Å². The fourth-order valence-corrected chi connectivity index (χ4v) is 1.54. The number of likely N-dealkylation sites (N-methyl/N-ethyl adjacent to an activating group) is 1. The van der Waals surface area contributed by atoms with Gasteiger partial charge in [0.25, 0.3) is 0 Å². The molecule has 3 nitrogen and oxygen atoms in total. The SMILES string of the molecule is C=C(O)/C(=C/C(=C)C(F)(F)F)N(C)c1cccc(C#N)c1. The fraction of sp³-hybridized carbons (Fsp3) is 0.133. The lowest BCUT2D eigenvalue weighted by molar-refractivity contribution is -0.0878. The van der Waals surface area contributed by atoms with E-state index in [-0.39, 0.29) is 5.70 Å². The Hall–Kier alpha value is -2.68. The van der Waals surface area contributed by atoms with Gasteiger partial charge in [-0.15, -0.1) is 0 Å². The summed E-state index contributed by atoms with van der Waals surface area (Å²) in [4.78, 5) is 1.29. The predicted octanol–water partition coefficient (Wildman–Crippen LogP) is 4.07. The van der Waals surface area contributed by atoms with Crippen molar-refractivity contribution in [3.05, 3.63) is 66.1 Å². The van der Waals surface area contributed by atoms with Crippen LogP contribution in [0.3, 0.4) is 0 Å². The first-order valence-electron chi connectivity index (χ1n) is 5.76. The molecule has 0 heterocycles. The minimum atomic E-state index is -4.60. The van der Waals surface area contributed by atoms with Crippen molar-refractivity contribution in [2.45, 2.75) is 6.18 Å². The number of hydrogen-bond acceptors (Lipinski definition) is 3. The van der Waals surface area contributed by atoms with Crippen molar-refractivity contribution in [1.82, 2.24) is 0 Å². The van der Waals surface area contributed by atoms with E-state index >= 15 is 0 Å². The lowest BCUT2D eigenvalue weighted by Crippen LogP contribution is -2.20. The van der Waals surface area contributed by atoms with Crippen molar-refractivity contribution in [2.24, 2.45) is 0 Å². The summed E-state index contributed by atoms with van der Waals surface area (Å²) in [6.07, 6.45) is -3.91. The van der Waals surface area contributed by atoms with E-state index in [9.17, 15) is 18.3 Å². The first-order valence-corrected chi connectivity index (χ1v) is 5.76. The summed E-state index contributed by atoms with van der Waals surface area (Å²) in [5.41, 5.74) is -0.495. The van der Waals surface area contributed by atoms with Crippen LogP contribution in [-0.2, 0) is 0 Å². The van der Waals surface area contributed by atoms with Crippen LogP contribution in [0.15, 0.2) is 60.5 Å². The number of benzene rings is 1.